The SMILES string of the molecule is CCOC(=O)C1=C(C(C)C)CC(c2ccc(C)cc2)=N1. The van der Waals surface area contributed by atoms with Gasteiger partial charge in [0.1, 0.15) is 5.70 Å². The lowest BCUT2D eigenvalue weighted by molar-refractivity contribution is -0.138. The Kier molecular flexibility index (Phi) is 4.38. The Balaban J connectivity index is 2.30. The highest BCUT2D eigenvalue weighted by molar-refractivity contribution is 6.08. The highest BCUT2D eigenvalue weighted by Crippen LogP contribution is 2.29. The second kappa shape index (κ2) is 6.04. The smallest absolute Gasteiger partial charge is 0.356 e. The number of rotatable bonds is 4. The van der Waals surface area contributed by atoms with E-state index in [2.05, 4.69) is 50.0 Å². The van der Waals surface area contributed by atoms with Crippen molar-refractivity contribution in [2.45, 2.75) is 34.1 Å². The predicted molar refractivity (Wildman–Crippen MR) is 80.8 cm³/mol. The van der Waals surface area contributed by atoms with E-state index in [1.165, 1.54) is 5.56 Å². The van der Waals surface area contributed by atoms with E-state index in [4.69, 9.17) is 4.74 Å². The monoisotopic (exact) mass is 271 g/mol. The molecule has 1 heterocycles. The number of hydrogen-bond acceptors (Lipinski definition) is 3. The van der Waals surface area contributed by atoms with Gasteiger partial charge in [0.05, 0.1) is 12.3 Å². The Bertz CT molecular complexity index is 565. The minimum atomic E-state index is -0.307. The van der Waals surface area contributed by atoms with Crippen LogP contribution in [0.5, 0.6) is 0 Å². The van der Waals surface area contributed by atoms with Crippen LogP contribution in [-0.4, -0.2) is 18.3 Å². The zero-order chi connectivity index (χ0) is 14.7. The average Bonchev–Trinajstić information content (AvgIpc) is 2.85. The van der Waals surface area contributed by atoms with Crippen LogP contribution in [0.15, 0.2) is 40.5 Å². The molecule has 1 aliphatic rings. The fourth-order valence-electron chi connectivity index (χ4n) is 2.28. The Morgan fingerprint density at radius 2 is 1.95 bits per heavy atom. The summed E-state index contributed by atoms with van der Waals surface area (Å²) in [4.78, 5) is 16.5. The molecule has 0 saturated carbocycles. The van der Waals surface area contributed by atoms with Gasteiger partial charge >= 0.3 is 5.97 Å². The molecule has 0 atom stereocenters. The number of carbonyl (C=O) groups excluding carboxylic acids is 1. The molecule has 0 fully saturated rings. The molecule has 3 nitrogen and oxygen atoms in total. The van der Waals surface area contributed by atoms with Gasteiger partial charge in [-0.05, 0) is 30.9 Å². The van der Waals surface area contributed by atoms with Crippen LogP contribution < -0.4 is 0 Å². The second-order valence-electron chi connectivity index (χ2n) is 5.35. The third-order valence-electron chi connectivity index (χ3n) is 3.46. The molecular weight excluding hydrogens is 250 g/mol. The fourth-order valence-corrected chi connectivity index (χ4v) is 2.28. The topological polar surface area (TPSA) is 38.7 Å². The van der Waals surface area contributed by atoms with Crippen LogP contribution in [0.2, 0.25) is 0 Å². The van der Waals surface area contributed by atoms with Crippen molar-refractivity contribution in [2.75, 3.05) is 6.61 Å². The molecule has 0 N–H and O–H groups in total. The molecule has 2 rings (SSSR count). The number of aryl methyl sites for hydroxylation is 1. The van der Waals surface area contributed by atoms with Gasteiger partial charge in [-0.3, -0.25) is 0 Å². The molecule has 0 aliphatic carbocycles. The summed E-state index contributed by atoms with van der Waals surface area (Å²) in [7, 11) is 0. The van der Waals surface area contributed by atoms with Gasteiger partial charge in [-0.25, -0.2) is 9.79 Å². The average molecular weight is 271 g/mol. The second-order valence-corrected chi connectivity index (χ2v) is 5.35. The van der Waals surface area contributed by atoms with Gasteiger partial charge in [0.25, 0.3) is 0 Å². The van der Waals surface area contributed by atoms with Crippen LogP contribution >= 0.6 is 0 Å². The first-order valence-electron chi connectivity index (χ1n) is 7.07. The summed E-state index contributed by atoms with van der Waals surface area (Å²) in [5, 5.41) is 0. The van der Waals surface area contributed by atoms with Crippen molar-refractivity contribution < 1.29 is 9.53 Å². The highest BCUT2D eigenvalue weighted by atomic mass is 16.5. The Morgan fingerprint density at radius 1 is 1.30 bits per heavy atom. The maximum absolute atomic E-state index is 12.0. The molecule has 1 aromatic rings. The zero-order valence-electron chi connectivity index (χ0n) is 12.6. The molecule has 1 aliphatic heterocycles. The van der Waals surface area contributed by atoms with Gasteiger partial charge in [0.15, 0.2) is 0 Å². The van der Waals surface area contributed by atoms with E-state index in [0.29, 0.717) is 18.2 Å². The number of ether oxygens (including phenoxy) is 1. The van der Waals surface area contributed by atoms with Crippen LogP contribution in [0.4, 0.5) is 0 Å². The normalized spacial score (nSPS) is 14.8. The highest BCUT2D eigenvalue weighted by Gasteiger charge is 2.26. The van der Waals surface area contributed by atoms with E-state index in [9.17, 15) is 4.79 Å². The molecule has 3 heteroatoms. The molecule has 0 bridgehead atoms. The largest absolute Gasteiger partial charge is 0.461 e. The standard InChI is InChI=1S/C17H21NO2/c1-5-20-17(19)16-14(11(2)3)10-15(18-16)13-8-6-12(4)7-9-13/h6-9,11H,5,10H2,1-4H3. The number of carbonyl (C=O) groups is 1. The number of nitrogens with zero attached hydrogens (tertiary/aromatic N) is 1. The summed E-state index contributed by atoms with van der Waals surface area (Å²) in [6.45, 7) is 8.42. The van der Waals surface area contributed by atoms with E-state index in [-0.39, 0.29) is 5.97 Å². The Morgan fingerprint density at radius 3 is 2.50 bits per heavy atom. The van der Waals surface area contributed by atoms with Gasteiger partial charge in [-0.2, -0.15) is 0 Å². The summed E-state index contributed by atoms with van der Waals surface area (Å²) in [5.41, 5.74) is 4.82. The van der Waals surface area contributed by atoms with E-state index in [1.807, 2.05) is 6.92 Å². The lowest BCUT2D eigenvalue weighted by Gasteiger charge is -2.08. The zero-order valence-corrected chi connectivity index (χ0v) is 12.6. The molecular formula is C17H21NO2. The van der Waals surface area contributed by atoms with Crippen molar-refractivity contribution in [1.29, 1.82) is 0 Å². The van der Waals surface area contributed by atoms with Crippen molar-refractivity contribution in [3.63, 3.8) is 0 Å². The molecule has 106 valence electrons. The van der Waals surface area contributed by atoms with E-state index < -0.39 is 0 Å². The number of esters is 1. The van der Waals surface area contributed by atoms with E-state index in [0.717, 1.165) is 23.3 Å². The van der Waals surface area contributed by atoms with E-state index >= 15 is 0 Å². The van der Waals surface area contributed by atoms with Gasteiger partial charge in [-0.15, -0.1) is 0 Å². The summed E-state index contributed by atoms with van der Waals surface area (Å²) >= 11 is 0. The first kappa shape index (κ1) is 14.5. The van der Waals surface area contributed by atoms with E-state index in [1.54, 1.807) is 0 Å². The summed E-state index contributed by atoms with van der Waals surface area (Å²) in [5.74, 6) is -0.0144. The molecule has 0 spiro atoms. The van der Waals surface area contributed by atoms with Gasteiger partial charge in [0, 0.05) is 6.42 Å². The lowest BCUT2D eigenvalue weighted by atomic mass is 9.95. The molecule has 0 amide bonds. The summed E-state index contributed by atoms with van der Waals surface area (Å²) < 4.78 is 5.11. The maximum Gasteiger partial charge on any atom is 0.356 e. The number of hydrogen-bond donors (Lipinski definition) is 0. The van der Waals surface area contributed by atoms with Crippen molar-refractivity contribution in [2.24, 2.45) is 10.9 Å². The first-order valence-corrected chi connectivity index (χ1v) is 7.07. The lowest BCUT2D eigenvalue weighted by Crippen LogP contribution is -2.08. The molecule has 0 unspecified atom stereocenters. The predicted octanol–water partition coefficient (Wildman–Crippen LogP) is 3.66. The molecule has 0 radical (unpaired) electrons. The number of aliphatic imine (C=N–C) groups is 1. The number of benzene rings is 1. The minimum absolute atomic E-state index is 0.293. The fraction of sp³-hybridized carbons (Fsp3) is 0.412. The van der Waals surface area contributed by atoms with Crippen LogP contribution in [0.1, 0.15) is 38.3 Å². The Hall–Kier alpha value is -1.90. The van der Waals surface area contributed by atoms with Crippen LogP contribution in [0.3, 0.4) is 0 Å². The first-order chi connectivity index (χ1) is 9.52. The molecule has 0 saturated heterocycles. The summed E-state index contributed by atoms with van der Waals surface area (Å²) in [6.07, 6.45) is 0.731. The molecule has 0 aromatic heterocycles. The van der Waals surface area contributed by atoms with Crippen molar-refractivity contribution in [3.05, 3.63) is 46.7 Å². The number of allylic oxidation sites excluding steroid dienone is 1. The van der Waals surface area contributed by atoms with Crippen LogP contribution in [-0.2, 0) is 9.53 Å². The Labute approximate surface area is 120 Å². The molecule has 20 heavy (non-hydrogen) atoms. The van der Waals surface area contributed by atoms with Crippen LogP contribution in [0.25, 0.3) is 0 Å². The van der Waals surface area contributed by atoms with Crippen molar-refractivity contribution in [1.82, 2.24) is 0 Å². The van der Waals surface area contributed by atoms with Gasteiger partial charge in [0.2, 0.25) is 0 Å². The third-order valence-corrected chi connectivity index (χ3v) is 3.46. The van der Waals surface area contributed by atoms with Gasteiger partial charge < -0.3 is 4.74 Å². The summed E-state index contributed by atoms with van der Waals surface area (Å²) in [6, 6.07) is 8.24. The third kappa shape index (κ3) is 2.98. The minimum Gasteiger partial charge on any atom is -0.461 e. The van der Waals surface area contributed by atoms with Crippen LogP contribution in [0, 0.1) is 12.8 Å². The molecule has 1 aromatic carbocycles. The maximum atomic E-state index is 12.0. The quantitative estimate of drug-likeness (QED) is 0.784. The van der Waals surface area contributed by atoms with Gasteiger partial charge in [-0.1, -0.05) is 43.7 Å². The van der Waals surface area contributed by atoms with Crippen molar-refractivity contribution in [3.8, 4) is 0 Å². The van der Waals surface area contributed by atoms with Crippen molar-refractivity contribution >= 4 is 11.7 Å².